The number of ether oxygens (including phenoxy) is 1. The number of non-ortho nitro benzene ring substituents is 1. The molecule has 150 valence electrons. The second-order valence-corrected chi connectivity index (χ2v) is 6.87. The molecule has 0 saturated heterocycles. The van der Waals surface area contributed by atoms with Gasteiger partial charge in [-0.25, -0.2) is 0 Å². The van der Waals surface area contributed by atoms with Gasteiger partial charge < -0.3 is 14.6 Å². The van der Waals surface area contributed by atoms with Crippen molar-refractivity contribution in [3.05, 3.63) is 58.6 Å². The first-order valence-electron chi connectivity index (χ1n) is 8.76. The molecule has 0 spiro atoms. The minimum Gasteiger partial charge on any atom is -0.497 e. The molecule has 0 aliphatic heterocycles. The molecule has 0 aliphatic carbocycles. The lowest BCUT2D eigenvalue weighted by molar-refractivity contribution is -0.384. The van der Waals surface area contributed by atoms with Crippen molar-refractivity contribution in [3.8, 4) is 17.1 Å². The molecule has 0 aliphatic rings. The van der Waals surface area contributed by atoms with Gasteiger partial charge in [0.15, 0.2) is 11.0 Å². The van der Waals surface area contributed by atoms with Crippen molar-refractivity contribution >= 4 is 29.0 Å². The van der Waals surface area contributed by atoms with Gasteiger partial charge in [-0.15, -0.1) is 10.2 Å². The fourth-order valence-electron chi connectivity index (χ4n) is 2.66. The van der Waals surface area contributed by atoms with Crippen LogP contribution in [0.15, 0.2) is 53.7 Å². The highest BCUT2D eigenvalue weighted by Gasteiger charge is 2.15. The Hall–Kier alpha value is -3.40. The average Bonchev–Trinajstić information content (AvgIpc) is 3.15. The summed E-state index contributed by atoms with van der Waals surface area (Å²) in [6.07, 6.45) is 0. The molecular weight excluding hydrogens is 394 g/mol. The topological polar surface area (TPSA) is 112 Å². The molecule has 3 rings (SSSR count). The zero-order valence-corrected chi connectivity index (χ0v) is 16.7. The minimum absolute atomic E-state index is 0.0784. The van der Waals surface area contributed by atoms with E-state index in [-0.39, 0.29) is 17.3 Å². The Kier molecular flexibility index (Phi) is 6.45. The Morgan fingerprint density at radius 1 is 1.24 bits per heavy atom. The first kappa shape index (κ1) is 20.3. The van der Waals surface area contributed by atoms with Crippen LogP contribution in [0.25, 0.3) is 11.4 Å². The number of rotatable bonds is 8. The second-order valence-electron chi connectivity index (χ2n) is 5.92. The van der Waals surface area contributed by atoms with Crippen molar-refractivity contribution in [2.75, 3.05) is 18.2 Å². The fourth-order valence-corrected chi connectivity index (χ4v) is 3.46. The molecule has 0 atom stereocenters. The Balaban J connectivity index is 1.67. The number of nitrogens with one attached hydrogen (secondary N) is 1. The zero-order chi connectivity index (χ0) is 20.8. The van der Waals surface area contributed by atoms with Crippen molar-refractivity contribution in [1.29, 1.82) is 0 Å². The zero-order valence-electron chi connectivity index (χ0n) is 15.9. The average molecular weight is 413 g/mol. The molecule has 1 N–H and O–H groups in total. The number of nitro groups is 1. The summed E-state index contributed by atoms with van der Waals surface area (Å²) in [5.41, 5.74) is 1.19. The molecule has 9 nitrogen and oxygen atoms in total. The van der Waals surface area contributed by atoms with E-state index >= 15 is 0 Å². The SMILES string of the molecule is CCn1c(SCC(=O)Nc2cccc([N+](=O)[O-])c2)nnc1-c1ccc(OC)cc1. The van der Waals surface area contributed by atoms with E-state index in [4.69, 9.17) is 4.74 Å². The van der Waals surface area contributed by atoms with E-state index in [2.05, 4.69) is 15.5 Å². The predicted octanol–water partition coefficient (Wildman–Crippen LogP) is 3.61. The van der Waals surface area contributed by atoms with E-state index in [1.165, 1.54) is 30.0 Å². The van der Waals surface area contributed by atoms with Crippen molar-refractivity contribution in [2.45, 2.75) is 18.6 Å². The van der Waals surface area contributed by atoms with Crippen LogP contribution in [0.1, 0.15) is 6.92 Å². The Labute approximate surface area is 171 Å². The van der Waals surface area contributed by atoms with Gasteiger partial charge in [-0.2, -0.15) is 0 Å². The number of amides is 1. The summed E-state index contributed by atoms with van der Waals surface area (Å²) >= 11 is 1.25. The lowest BCUT2D eigenvalue weighted by Crippen LogP contribution is -2.14. The fraction of sp³-hybridized carbons (Fsp3) is 0.211. The van der Waals surface area contributed by atoms with Crippen LogP contribution in [0, 0.1) is 10.1 Å². The highest BCUT2D eigenvalue weighted by Crippen LogP contribution is 2.26. The quantitative estimate of drug-likeness (QED) is 0.341. The lowest BCUT2D eigenvalue weighted by Gasteiger charge is -2.08. The van der Waals surface area contributed by atoms with E-state index in [0.717, 1.165) is 11.3 Å². The molecule has 0 radical (unpaired) electrons. The van der Waals surface area contributed by atoms with Gasteiger partial charge >= 0.3 is 0 Å². The van der Waals surface area contributed by atoms with Crippen LogP contribution in [0.2, 0.25) is 0 Å². The number of thioether (sulfide) groups is 1. The van der Waals surface area contributed by atoms with Crippen LogP contribution in [-0.2, 0) is 11.3 Å². The number of carbonyl (C=O) groups excluding carboxylic acids is 1. The number of nitro benzene ring substituents is 1. The molecule has 1 amide bonds. The minimum atomic E-state index is -0.505. The van der Waals surface area contributed by atoms with E-state index in [9.17, 15) is 14.9 Å². The summed E-state index contributed by atoms with van der Waals surface area (Å²) in [4.78, 5) is 22.6. The van der Waals surface area contributed by atoms with Gasteiger partial charge in [0.05, 0.1) is 17.8 Å². The maximum absolute atomic E-state index is 12.2. The molecule has 2 aromatic carbocycles. The van der Waals surface area contributed by atoms with E-state index < -0.39 is 4.92 Å². The summed E-state index contributed by atoms with van der Waals surface area (Å²) in [7, 11) is 1.61. The van der Waals surface area contributed by atoms with Crippen LogP contribution >= 0.6 is 11.8 Å². The molecule has 0 unspecified atom stereocenters. The number of carbonyl (C=O) groups is 1. The lowest BCUT2D eigenvalue weighted by atomic mass is 10.2. The number of benzene rings is 2. The number of hydrogen-bond donors (Lipinski definition) is 1. The first-order chi connectivity index (χ1) is 14.0. The van der Waals surface area contributed by atoms with Gasteiger partial charge in [-0.05, 0) is 37.3 Å². The van der Waals surface area contributed by atoms with Crippen LogP contribution in [-0.4, -0.2) is 38.5 Å². The maximum atomic E-state index is 12.2. The molecule has 3 aromatic rings. The smallest absolute Gasteiger partial charge is 0.271 e. The molecule has 29 heavy (non-hydrogen) atoms. The van der Waals surface area contributed by atoms with Crippen molar-refractivity contribution in [3.63, 3.8) is 0 Å². The number of hydrogen-bond acceptors (Lipinski definition) is 7. The predicted molar refractivity (Wildman–Crippen MR) is 110 cm³/mol. The van der Waals surface area contributed by atoms with Crippen molar-refractivity contribution < 1.29 is 14.5 Å². The van der Waals surface area contributed by atoms with Gasteiger partial charge in [0.1, 0.15) is 5.75 Å². The molecule has 1 aromatic heterocycles. The van der Waals surface area contributed by atoms with Crippen LogP contribution in [0.5, 0.6) is 5.75 Å². The molecule has 10 heteroatoms. The third-order valence-corrected chi connectivity index (χ3v) is 5.02. The van der Waals surface area contributed by atoms with Crippen LogP contribution < -0.4 is 10.1 Å². The largest absolute Gasteiger partial charge is 0.497 e. The summed E-state index contributed by atoms with van der Waals surface area (Å²) in [6, 6.07) is 13.3. The summed E-state index contributed by atoms with van der Waals surface area (Å²) < 4.78 is 7.10. The number of methoxy groups -OCH3 is 1. The second kappa shape index (κ2) is 9.20. The third kappa shape index (κ3) is 4.91. The van der Waals surface area contributed by atoms with E-state index in [1.807, 2.05) is 35.8 Å². The van der Waals surface area contributed by atoms with Crippen LogP contribution in [0.3, 0.4) is 0 Å². The first-order valence-corrected chi connectivity index (χ1v) is 9.75. The van der Waals surface area contributed by atoms with E-state index in [0.29, 0.717) is 23.2 Å². The standard InChI is InChI=1S/C19H19N5O4S/c1-3-23-18(13-7-9-16(28-2)10-8-13)21-22-19(23)29-12-17(25)20-14-5-4-6-15(11-14)24(26)27/h4-11H,3,12H2,1-2H3,(H,20,25). The van der Waals surface area contributed by atoms with Gasteiger partial charge in [-0.1, -0.05) is 17.8 Å². The van der Waals surface area contributed by atoms with Gasteiger partial charge in [0, 0.05) is 29.9 Å². The monoisotopic (exact) mass is 413 g/mol. The highest BCUT2D eigenvalue weighted by atomic mass is 32.2. The number of nitrogens with zero attached hydrogens (tertiary/aromatic N) is 4. The molecular formula is C19H19N5O4S. The highest BCUT2D eigenvalue weighted by molar-refractivity contribution is 7.99. The van der Waals surface area contributed by atoms with Crippen LogP contribution in [0.4, 0.5) is 11.4 Å². The Morgan fingerprint density at radius 3 is 2.66 bits per heavy atom. The number of anilines is 1. The van der Waals surface area contributed by atoms with Gasteiger partial charge in [0.2, 0.25) is 5.91 Å². The maximum Gasteiger partial charge on any atom is 0.271 e. The summed E-state index contributed by atoms with van der Waals surface area (Å²) in [5, 5.41) is 22.6. The van der Waals surface area contributed by atoms with Gasteiger partial charge in [-0.3, -0.25) is 14.9 Å². The number of aromatic nitrogens is 3. The Morgan fingerprint density at radius 2 is 2.00 bits per heavy atom. The summed E-state index contributed by atoms with van der Waals surface area (Å²) in [6.45, 7) is 2.62. The van der Waals surface area contributed by atoms with E-state index in [1.54, 1.807) is 13.2 Å². The summed E-state index contributed by atoms with van der Waals surface area (Å²) in [5.74, 6) is 1.27. The Bertz CT molecular complexity index is 1020. The van der Waals surface area contributed by atoms with Gasteiger partial charge in [0.25, 0.3) is 5.69 Å². The third-order valence-electron chi connectivity index (χ3n) is 4.05. The molecule has 0 fully saturated rings. The molecule has 0 bridgehead atoms. The molecule has 0 saturated carbocycles. The molecule has 1 heterocycles. The van der Waals surface area contributed by atoms with Crippen molar-refractivity contribution in [2.24, 2.45) is 0 Å². The van der Waals surface area contributed by atoms with Crippen molar-refractivity contribution in [1.82, 2.24) is 14.8 Å². The normalized spacial score (nSPS) is 10.6.